The van der Waals surface area contributed by atoms with E-state index in [1.54, 1.807) is 25.2 Å². The maximum atomic E-state index is 12.3. The van der Waals surface area contributed by atoms with Gasteiger partial charge in [0.15, 0.2) is 5.72 Å². The van der Waals surface area contributed by atoms with Gasteiger partial charge in [-0.3, -0.25) is 4.79 Å². The summed E-state index contributed by atoms with van der Waals surface area (Å²) in [5, 5.41) is 13.9. The highest BCUT2D eigenvalue weighted by molar-refractivity contribution is 5.99. The van der Waals surface area contributed by atoms with Gasteiger partial charge in [-0.25, -0.2) is 10.0 Å². The lowest BCUT2D eigenvalue weighted by Crippen LogP contribution is -2.53. The summed E-state index contributed by atoms with van der Waals surface area (Å²) in [6.45, 7) is 3.82. The number of fused-ring (bicyclic) bond motifs is 1. The van der Waals surface area contributed by atoms with E-state index in [-0.39, 0.29) is 11.8 Å². The first kappa shape index (κ1) is 12.1. The van der Waals surface area contributed by atoms with Gasteiger partial charge in [-0.2, -0.15) is 0 Å². The highest BCUT2D eigenvalue weighted by Crippen LogP contribution is 2.42. The summed E-state index contributed by atoms with van der Waals surface area (Å²) < 4.78 is 0. The molecule has 0 spiro atoms. The Morgan fingerprint density at radius 1 is 1.29 bits per heavy atom. The van der Waals surface area contributed by atoms with Crippen molar-refractivity contribution in [2.24, 2.45) is 5.92 Å². The molecule has 0 bridgehead atoms. The molecule has 0 saturated heterocycles. The summed E-state index contributed by atoms with van der Waals surface area (Å²) in [7, 11) is 3.52. The third-order valence-electron chi connectivity index (χ3n) is 3.27. The Bertz CT molecular complexity index is 456. The lowest BCUT2D eigenvalue weighted by Gasteiger charge is -2.40. The zero-order chi connectivity index (χ0) is 12.8. The maximum Gasteiger partial charge on any atom is 0.271 e. The normalized spacial score (nSPS) is 23.7. The number of amides is 1. The summed E-state index contributed by atoms with van der Waals surface area (Å²) in [6, 6.07) is 7.24. The Hall–Kier alpha value is -1.39. The Morgan fingerprint density at radius 2 is 1.88 bits per heavy atom. The molecule has 0 fully saturated rings. The smallest absolute Gasteiger partial charge is 0.271 e. The Labute approximate surface area is 101 Å². The van der Waals surface area contributed by atoms with Crippen molar-refractivity contribution in [3.8, 4) is 0 Å². The Morgan fingerprint density at radius 3 is 2.41 bits per heavy atom. The number of nitrogens with zero attached hydrogens (tertiary/aromatic N) is 2. The number of carbonyl (C=O) groups is 1. The summed E-state index contributed by atoms with van der Waals surface area (Å²) in [5.41, 5.74) is 0.0167. The second-order valence-corrected chi connectivity index (χ2v) is 4.89. The Kier molecular flexibility index (Phi) is 2.72. The topological polar surface area (TPSA) is 43.8 Å². The van der Waals surface area contributed by atoms with Crippen LogP contribution in [0.5, 0.6) is 0 Å². The van der Waals surface area contributed by atoms with Gasteiger partial charge in [0.05, 0.1) is 0 Å². The molecule has 1 aromatic carbocycles. The van der Waals surface area contributed by atoms with Crippen molar-refractivity contribution in [2.75, 3.05) is 14.1 Å². The van der Waals surface area contributed by atoms with E-state index in [4.69, 9.17) is 0 Å². The third kappa shape index (κ3) is 1.48. The average molecular weight is 234 g/mol. The molecule has 4 nitrogen and oxygen atoms in total. The second kappa shape index (κ2) is 3.82. The van der Waals surface area contributed by atoms with Crippen LogP contribution in [-0.4, -0.2) is 35.1 Å². The van der Waals surface area contributed by atoms with Crippen LogP contribution in [0.4, 0.5) is 0 Å². The molecule has 1 aliphatic rings. The molecule has 92 valence electrons. The second-order valence-electron chi connectivity index (χ2n) is 4.89. The van der Waals surface area contributed by atoms with Crippen molar-refractivity contribution >= 4 is 5.91 Å². The van der Waals surface area contributed by atoms with E-state index in [1.807, 2.05) is 32.0 Å². The van der Waals surface area contributed by atoms with Crippen LogP contribution in [0.1, 0.15) is 29.8 Å². The maximum absolute atomic E-state index is 12.3. The fourth-order valence-corrected chi connectivity index (χ4v) is 2.42. The molecule has 4 heteroatoms. The van der Waals surface area contributed by atoms with Crippen molar-refractivity contribution in [3.63, 3.8) is 0 Å². The molecule has 1 heterocycles. The van der Waals surface area contributed by atoms with Crippen LogP contribution >= 0.6 is 0 Å². The lowest BCUT2D eigenvalue weighted by atomic mass is 9.91. The molecule has 1 unspecified atom stereocenters. The van der Waals surface area contributed by atoms with Gasteiger partial charge in [0.1, 0.15) is 0 Å². The van der Waals surface area contributed by atoms with Crippen LogP contribution in [0.25, 0.3) is 0 Å². The van der Waals surface area contributed by atoms with Gasteiger partial charge in [-0.15, -0.1) is 0 Å². The van der Waals surface area contributed by atoms with Crippen LogP contribution in [0.3, 0.4) is 0 Å². The minimum atomic E-state index is -1.25. The van der Waals surface area contributed by atoms with Crippen LogP contribution in [0, 0.1) is 5.92 Å². The van der Waals surface area contributed by atoms with Gasteiger partial charge in [-0.1, -0.05) is 32.0 Å². The first-order chi connectivity index (χ1) is 7.90. The lowest BCUT2D eigenvalue weighted by molar-refractivity contribution is -0.189. The van der Waals surface area contributed by atoms with Crippen LogP contribution < -0.4 is 0 Å². The first-order valence-electron chi connectivity index (χ1n) is 5.74. The molecule has 17 heavy (non-hydrogen) atoms. The molecule has 1 amide bonds. The third-order valence-corrected chi connectivity index (χ3v) is 3.27. The largest absolute Gasteiger partial charge is 0.365 e. The standard InChI is InChI=1S/C13H18N2O2/c1-9(2)13(17)11-8-6-5-7-10(11)12(16)15(13)14(3)4/h5-9,17H,1-4H3. The Balaban J connectivity index is 2.66. The first-order valence-corrected chi connectivity index (χ1v) is 5.74. The molecular formula is C13H18N2O2. The fourth-order valence-electron chi connectivity index (χ4n) is 2.42. The number of benzene rings is 1. The number of hydrogen-bond donors (Lipinski definition) is 1. The minimum Gasteiger partial charge on any atom is -0.365 e. The molecule has 0 saturated carbocycles. The number of hydrogen-bond acceptors (Lipinski definition) is 3. The number of aliphatic hydroxyl groups is 1. The molecule has 1 N–H and O–H groups in total. The number of carbonyl (C=O) groups excluding carboxylic acids is 1. The number of rotatable bonds is 2. The van der Waals surface area contributed by atoms with E-state index < -0.39 is 5.72 Å². The number of hydrazine groups is 1. The molecule has 1 aromatic rings. The monoisotopic (exact) mass is 234 g/mol. The zero-order valence-electron chi connectivity index (χ0n) is 10.6. The summed E-state index contributed by atoms with van der Waals surface area (Å²) >= 11 is 0. The molecule has 2 rings (SSSR count). The zero-order valence-corrected chi connectivity index (χ0v) is 10.6. The SMILES string of the molecule is CC(C)C1(O)c2ccccc2C(=O)N1N(C)C. The van der Waals surface area contributed by atoms with Crippen molar-refractivity contribution in [1.82, 2.24) is 10.0 Å². The van der Waals surface area contributed by atoms with E-state index in [1.165, 1.54) is 5.01 Å². The van der Waals surface area contributed by atoms with E-state index in [2.05, 4.69) is 0 Å². The fraction of sp³-hybridized carbons (Fsp3) is 0.462. The minimum absolute atomic E-state index is 0.0856. The average Bonchev–Trinajstić information content (AvgIpc) is 2.50. The predicted molar refractivity (Wildman–Crippen MR) is 65.0 cm³/mol. The summed E-state index contributed by atoms with van der Waals surface area (Å²) in [4.78, 5) is 12.3. The van der Waals surface area contributed by atoms with Gasteiger partial charge < -0.3 is 5.11 Å². The van der Waals surface area contributed by atoms with Crippen molar-refractivity contribution in [2.45, 2.75) is 19.6 Å². The summed E-state index contributed by atoms with van der Waals surface area (Å²) in [5.74, 6) is -0.237. The summed E-state index contributed by atoms with van der Waals surface area (Å²) in [6.07, 6.45) is 0. The van der Waals surface area contributed by atoms with Crippen LogP contribution in [0.15, 0.2) is 24.3 Å². The molecule has 0 aromatic heterocycles. The molecule has 0 radical (unpaired) electrons. The van der Waals surface area contributed by atoms with E-state index in [0.29, 0.717) is 11.1 Å². The highest BCUT2D eigenvalue weighted by Gasteiger charge is 2.51. The van der Waals surface area contributed by atoms with E-state index in [9.17, 15) is 9.90 Å². The highest BCUT2D eigenvalue weighted by atomic mass is 16.3. The van der Waals surface area contributed by atoms with Gasteiger partial charge >= 0.3 is 0 Å². The van der Waals surface area contributed by atoms with Crippen LogP contribution in [-0.2, 0) is 5.72 Å². The van der Waals surface area contributed by atoms with Gasteiger partial charge in [-0.05, 0) is 6.07 Å². The van der Waals surface area contributed by atoms with E-state index >= 15 is 0 Å². The predicted octanol–water partition coefficient (Wildman–Crippen LogP) is 1.42. The van der Waals surface area contributed by atoms with E-state index in [0.717, 1.165) is 0 Å². The quantitative estimate of drug-likeness (QED) is 0.841. The molecule has 1 atom stereocenters. The van der Waals surface area contributed by atoms with Gasteiger partial charge in [0.2, 0.25) is 0 Å². The van der Waals surface area contributed by atoms with Crippen molar-refractivity contribution in [1.29, 1.82) is 0 Å². The van der Waals surface area contributed by atoms with Gasteiger partial charge in [0.25, 0.3) is 5.91 Å². The van der Waals surface area contributed by atoms with Gasteiger partial charge in [0, 0.05) is 31.1 Å². The molecule has 0 aliphatic carbocycles. The molecular weight excluding hydrogens is 216 g/mol. The van der Waals surface area contributed by atoms with Crippen molar-refractivity contribution < 1.29 is 9.90 Å². The van der Waals surface area contributed by atoms with Crippen LogP contribution in [0.2, 0.25) is 0 Å². The molecule has 1 aliphatic heterocycles. The van der Waals surface area contributed by atoms with Crippen molar-refractivity contribution in [3.05, 3.63) is 35.4 Å².